The lowest BCUT2D eigenvalue weighted by Gasteiger charge is -2.36. The zero-order chi connectivity index (χ0) is 23.2. The van der Waals surface area contributed by atoms with Gasteiger partial charge in [-0.05, 0) is 62.8 Å². The van der Waals surface area contributed by atoms with Crippen molar-refractivity contribution in [2.45, 2.75) is 58.0 Å². The molecule has 2 heterocycles. The van der Waals surface area contributed by atoms with Crippen molar-refractivity contribution < 1.29 is 18.8 Å². The van der Waals surface area contributed by atoms with Crippen LogP contribution in [0.15, 0.2) is 47.1 Å². The molecular formula is C26H33N3O4. The van der Waals surface area contributed by atoms with Gasteiger partial charge in [0.25, 0.3) is 5.91 Å². The molecule has 176 valence electrons. The molecule has 1 aromatic carbocycles. The minimum atomic E-state index is -0.669. The van der Waals surface area contributed by atoms with E-state index in [1.54, 1.807) is 30.5 Å². The lowest BCUT2D eigenvalue weighted by atomic mass is 9.87. The summed E-state index contributed by atoms with van der Waals surface area (Å²) in [6.45, 7) is 3.49. The van der Waals surface area contributed by atoms with Gasteiger partial charge in [0.1, 0.15) is 11.8 Å². The van der Waals surface area contributed by atoms with Crippen LogP contribution in [0.3, 0.4) is 0 Å². The Kier molecular flexibility index (Phi) is 7.47. The topological polar surface area (TPSA) is 91.7 Å². The Balaban J connectivity index is 1.41. The molecule has 33 heavy (non-hydrogen) atoms. The molecule has 3 amide bonds. The van der Waals surface area contributed by atoms with Crippen LogP contribution in [-0.4, -0.2) is 41.8 Å². The number of hydrogen-bond donors (Lipinski definition) is 2. The normalized spacial score (nSPS) is 18.2. The summed E-state index contributed by atoms with van der Waals surface area (Å²) in [4.78, 5) is 40.8. The van der Waals surface area contributed by atoms with Crippen LogP contribution < -0.4 is 10.6 Å². The summed E-state index contributed by atoms with van der Waals surface area (Å²) >= 11 is 0. The average molecular weight is 452 g/mol. The Bertz CT molecular complexity index is 940. The zero-order valence-corrected chi connectivity index (χ0v) is 19.2. The summed E-state index contributed by atoms with van der Waals surface area (Å²) in [5, 5.41) is 5.87. The summed E-state index contributed by atoms with van der Waals surface area (Å²) in [5.41, 5.74) is 1.59. The molecule has 0 spiro atoms. The molecule has 0 bridgehead atoms. The molecule has 1 atom stereocenters. The summed E-state index contributed by atoms with van der Waals surface area (Å²) in [5.74, 6) is 0.543. The minimum absolute atomic E-state index is 0.0383. The molecule has 1 aliphatic carbocycles. The maximum absolute atomic E-state index is 13.1. The van der Waals surface area contributed by atoms with Crippen molar-refractivity contribution in [2.24, 2.45) is 11.8 Å². The van der Waals surface area contributed by atoms with Crippen LogP contribution >= 0.6 is 0 Å². The van der Waals surface area contributed by atoms with Gasteiger partial charge in [0, 0.05) is 24.6 Å². The molecule has 0 unspecified atom stereocenters. The average Bonchev–Trinajstić information content (AvgIpc) is 3.56. The summed E-state index contributed by atoms with van der Waals surface area (Å²) in [7, 11) is 0. The standard InChI is InChI=1S/C26H33N3O4/c1-18-8-10-20(11-9-18)24(30)28-23(25(31)27-17-22-7-4-16-33-22)19-12-14-29(15-13-19)26(32)21-5-2-3-6-21/h4,7-11,16,19,21,23H,2-3,5-6,12-15,17H2,1H3,(H,27,31)(H,28,30)/t23-/m1/s1. The number of aryl methyl sites for hydroxylation is 1. The van der Waals surface area contributed by atoms with Gasteiger partial charge in [-0.25, -0.2) is 0 Å². The fraction of sp³-hybridized carbons (Fsp3) is 0.500. The van der Waals surface area contributed by atoms with Crippen LogP contribution in [-0.2, 0) is 16.1 Å². The van der Waals surface area contributed by atoms with E-state index in [0.29, 0.717) is 37.3 Å². The van der Waals surface area contributed by atoms with Crippen molar-refractivity contribution in [3.8, 4) is 0 Å². The van der Waals surface area contributed by atoms with Gasteiger partial charge in [-0.2, -0.15) is 0 Å². The number of nitrogens with one attached hydrogen (secondary N) is 2. The van der Waals surface area contributed by atoms with Gasteiger partial charge in [-0.3, -0.25) is 14.4 Å². The monoisotopic (exact) mass is 451 g/mol. The molecule has 1 saturated carbocycles. The molecule has 1 saturated heterocycles. The van der Waals surface area contributed by atoms with E-state index in [0.717, 1.165) is 31.2 Å². The maximum atomic E-state index is 13.1. The number of carbonyl (C=O) groups is 3. The smallest absolute Gasteiger partial charge is 0.251 e. The number of benzene rings is 1. The number of likely N-dealkylation sites (tertiary alicyclic amines) is 1. The van der Waals surface area contributed by atoms with Gasteiger partial charge in [-0.15, -0.1) is 0 Å². The third-order valence-electron chi connectivity index (χ3n) is 6.93. The summed E-state index contributed by atoms with van der Waals surface area (Å²) < 4.78 is 5.31. The predicted octanol–water partition coefficient (Wildman–Crippen LogP) is 3.43. The van der Waals surface area contributed by atoms with Gasteiger partial charge < -0.3 is 20.0 Å². The highest BCUT2D eigenvalue weighted by Gasteiger charge is 2.36. The van der Waals surface area contributed by atoms with Crippen molar-refractivity contribution in [1.82, 2.24) is 15.5 Å². The van der Waals surface area contributed by atoms with Crippen LogP contribution in [0.25, 0.3) is 0 Å². The van der Waals surface area contributed by atoms with E-state index in [-0.39, 0.29) is 36.1 Å². The van der Waals surface area contributed by atoms with Gasteiger partial charge in [0.05, 0.1) is 12.8 Å². The Labute approximate surface area is 194 Å². The molecule has 4 rings (SSSR count). The Morgan fingerprint density at radius 3 is 2.36 bits per heavy atom. The van der Waals surface area contributed by atoms with E-state index in [2.05, 4.69) is 10.6 Å². The van der Waals surface area contributed by atoms with Crippen LogP contribution in [0.4, 0.5) is 0 Å². The number of carbonyl (C=O) groups excluding carboxylic acids is 3. The van der Waals surface area contributed by atoms with Crippen molar-refractivity contribution >= 4 is 17.7 Å². The molecule has 7 heteroatoms. The fourth-order valence-electron chi connectivity index (χ4n) is 4.91. The van der Waals surface area contributed by atoms with E-state index >= 15 is 0 Å². The maximum Gasteiger partial charge on any atom is 0.251 e. The summed E-state index contributed by atoms with van der Waals surface area (Å²) in [6, 6.07) is 10.2. The second-order valence-corrected chi connectivity index (χ2v) is 9.26. The SMILES string of the molecule is Cc1ccc(C(=O)N[C@@H](C(=O)NCc2ccco2)C2CCN(C(=O)C3CCCC3)CC2)cc1. The number of amides is 3. The van der Waals surface area contributed by atoms with Gasteiger partial charge >= 0.3 is 0 Å². The van der Waals surface area contributed by atoms with E-state index in [1.165, 1.54) is 0 Å². The molecule has 0 radical (unpaired) electrons. The highest BCUT2D eigenvalue weighted by atomic mass is 16.3. The number of piperidine rings is 1. The first-order valence-electron chi connectivity index (χ1n) is 12.0. The molecule has 2 fully saturated rings. The van der Waals surface area contributed by atoms with Crippen molar-refractivity contribution in [2.75, 3.05) is 13.1 Å². The Morgan fingerprint density at radius 1 is 1.03 bits per heavy atom. The molecular weight excluding hydrogens is 418 g/mol. The number of nitrogens with zero attached hydrogens (tertiary/aromatic N) is 1. The fourth-order valence-corrected chi connectivity index (χ4v) is 4.91. The minimum Gasteiger partial charge on any atom is -0.467 e. The lowest BCUT2D eigenvalue weighted by molar-refractivity contribution is -0.137. The molecule has 2 aliphatic rings. The third-order valence-corrected chi connectivity index (χ3v) is 6.93. The zero-order valence-electron chi connectivity index (χ0n) is 19.2. The first-order valence-corrected chi connectivity index (χ1v) is 12.0. The second kappa shape index (κ2) is 10.7. The van der Waals surface area contributed by atoms with Crippen molar-refractivity contribution in [3.63, 3.8) is 0 Å². The summed E-state index contributed by atoms with van der Waals surface area (Å²) in [6.07, 6.45) is 7.18. The largest absolute Gasteiger partial charge is 0.467 e. The number of rotatable bonds is 7. The first-order chi connectivity index (χ1) is 16.0. The number of hydrogen-bond acceptors (Lipinski definition) is 4. The molecule has 2 aromatic rings. The lowest BCUT2D eigenvalue weighted by Crippen LogP contribution is -2.54. The van der Waals surface area contributed by atoms with E-state index in [9.17, 15) is 14.4 Å². The van der Waals surface area contributed by atoms with Crippen molar-refractivity contribution in [1.29, 1.82) is 0 Å². The Morgan fingerprint density at radius 2 is 1.73 bits per heavy atom. The van der Waals surface area contributed by atoms with Crippen molar-refractivity contribution in [3.05, 3.63) is 59.5 Å². The van der Waals surface area contributed by atoms with Gasteiger partial charge in [-0.1, -0.05) is 30.5 Å². The van der Waals surface area contributed by atoms with E-state index in [1.807, 2.05) is 24.0 Å². The van der Waals surface area contributed by atoms with Crippen LogP contribution in [0.5, 0.6) is 0 Å². The van der Waals surface area contributed by atoms with E-state index in [4.69, 9.17) is 4.42 Å². The van der Waals surface area contributed by atoms with Gasteiger partial charge in [0.2, 0.25) is 11.8 Å². The quantitative estimate of drug-likeness (QED) is 0.675. The molecule has 1 aliphatic heterocycles. The van der Waals surface area contributed by atoms with Crippen LogP contribution in [0.1, 0.15) is 60.2 Å². The van der Waals surface area contributed by atoms with Crippen LogP contribution in [0, 0.1) is 18.8 Å². The predicted molar refractivity (Wildman–Crippen MR) is 124 cm³/mol. The van der Waals surface area contributed by atoms with Crippen LogP contribution in [0.2, 0.25) is 0 Å². The van der Waals surface area contributed by atoms with Gasteiger partial charge in [0.15, 0.2) is 0 Å². The molecule has 2 N–H and O–H groups in total. The molecule has 7 nitrogen and oxygen atoms in total. The Hall–Kier alpha value is -3.09. The second-order valence-electron chi connectivity index (χ2n) is 9.26. The van der Waals surface area contributed by atoms with E-state index < -0.39 is 6.04 Å². The third kappa shape index (κ3) is 5.83. The first kappa shape index (κ1) is 23.1. The molecule has 1 aromatic heterocycles. The highest BCUT2D eigenvalue weighted by molar-refractivity contribution is 5.97. The number of furan rings is 1. The highest BCUT2D eigenvalue weighted by Crippen LogP contribution is 2.29.